The molecule has 2 unspecified atom stereocenters. The highest BCUT2D eigenvalue weighted by atomic mass is 35.5. The van der Waals surface area contributed by atoms with Crippen LogP contribution in [0.25, 0.3) is 0 Å². The molecular formula is C19H25Cl3N4O. The molecule has 0 bridgehead atoms. The van der Waals surface area contributed by atoms with Gasteiger partial charge in [-0.15, -0.1) is 24.8 Å². The van der Waals surface area contributed by atoms with Crippen LogP contribution >= 0.6 is 36.4 Å². The summed E-state index contributed by atoms with van der Waals surface area (Å²) in [5.74, 6) is 0.723. The second kappa shape index (κ2) is 11.4. The molecule has 5 nitrogen and oxygen atoms in total. The fourth-order valence-electron chi connectivity index (χ4n) is 3.30. The Morgan fingerprint density at radius 1 is 1.30 bits per heavy atom. The van der Waals surface area contributed by atoms with Gasteiger partial charge in [0.2, 0.25) is 5.91 Å². The number of nitrogens with zero attached hydrogens (tertiary/aromatic N) is 3. The highest BCUT2D eigenvalue weighted by Gasteiger charge is 2.26. The number of halogens is 3. The molecule has 1 aliphatic rings. The number of carbonyl (C=O) groups is 1. The average Bonchev–Trinajstić information content (AvgIpc) is 3.16. The number of aromatic nitrogens is 2. The molecule has 0 saturated carbocycles. The van der Waals surface area contributed by atoms with E-state index in [9.17, 15) is 4.79 Å². The third-order valence-corrected chi connectivity index (χ3v) is 5.01. The van der Waals surface area contributed by atoms with Crippen molar-refractivity contribution in [2.45, 2.75) is 25.3 Å². The minimum absolute atomic E-state index is 0. The van der Waals surface area contributed by atoms with Crippen molar-refractivity contribution in [3.8, 4) is 0 Å². The standard InChI is InChI=1S/C19H23ClN4O.2ClH/c1-24(18(25)7-2-14-8-9-21-12-14)19(17-13-22-10-11-23-17)15-3-5-16(20)6-4-15;;/h3-6,10-11,13-14,19,21H,2,7-9,12H2,1H3;2*1H. The van der Waals surface area contributed by atoms with Crippen LogP contribution in [0.3, 0.4) is 0 Å². The lowest BCUT2D eigenvalue weighted by molar-refractivity contribution is -0.131. The van der Waals surface area contributed by atoms with Crippen LogP contribution in [0.4, 0.5) is 0 Å². The molecule has 0 spiro atoms. The first-order valence-electron chi connectivity index (χ1n) is 8.63. The van der Waals surface area contributed by atoms with E-state index in [1.54, 1.807) is 23.5 Å². The maximum absolute atomic E-state index is 12.8. The summed E-state index contributed by atoms with van der Waals surface area (Å²) < 4.78 is 0. The Morgan fingerprint density at radius 3 is 2.63 bits per heavy atom. The van der Waals surface area contributed by atoms with Crippen LogP contribution in [0.1, 0.15) is 36.6 Å². The highest BCUT2D eigenvalue weighted by Crippen LogP contribution is 2.28. The van der Waals surface area contributed by atoms with E-state index >= 15 is 0 Å². The van der Waals surface area contributed by atoms with Crippen LogP contribution < -0.4 is 5.32 Å². The van der Waals surface area contributed by atoms with Crippen LogP contribution in [-0.2, 0) is 4.79 Å². The molecule has 0 radical (unpaired) electrons. The molecule has 3 rings (SSSR count). The molecule has 2 heterocycles. The summed E-state index contributed by atoms with van der Waals surface area (Å²) in [5, 5.41) is 4.02. The monoisotopic (exact) mass is 430 g/mol. The first-order valence-corrected chi connectivity index (χ1v) is 9.00. The van der Waals surface area contributed by atoms with Gasteiger partial charge in [-0.05, 0) is 49.5 Å². The minimum Gasteiger partial charge on any atom is -0.333 e. The zero-order chi connectivity index (χ0) is 17.6. The summed E-state index contributed by atoms with van der Waals surface area (Å²) >= 11 is 6.01. The second-order valence-electron chi connectivity index (χ2n) is 6.49. The molecule has 1 N–H and O–H groups in total. The van der Waals surface area contributed by atoms with Gasteiger partial charge < -0.3 is 10.2 Å². The van der Waals surface area contributed by atoms with Crippen molar-refractivity contribution in [2.24, 2.45) is 5.92 Å². The normalized spacial score (nSPS) is 16.7. The van der Waals surface area contributed by atoms with Gasteiger partial charge >= 0.3 is 0 Å². The van der Waals surface area contributed by atoms with Gasteiger partial charge in [-0.1, -0.05) is 23.7 Å². The Hall–Kier alpha value is -1.40. The lowest BCUT2D eigenvalue weighted by atomic mass is 9.99. The third kappa shape index (κ3) is 6.32. The molecule has 1 saturated heterocycles. The number of benzene rings is 1. The molecule has 1 fully saturated rings. The zero-order valence-corrected chi connectivity index (χ0v) is 17.6. The van der Waals surface area contributed by atoms with Crippen LogP contribution in [0.2, 0.25) is 5.02 Å². The first-order chi connectivity index (χ1) is 12.1. The van der Waals surface area contributed by atoms with Crippen LogP contribution in [0.15, 0.2) is 42.9 Å². The minimum atomic E-state index is -0.264. The van der Waals surface area contributed by atoms with Crippen LogP contribution in [0, 0.1) is 5.92 Å². The second-order valence-corrected chi connectivity index (χ2v) is 6.92. The predicted molar refractivity (Wildman–Crippen MR) is 113 cm³/mol. The van der Waals surface area contributed by atoms with E-state index in [0.29, 0.717) is 17.4 Å². The Balaban J connectivity index is 0.00000182. The molecule has 1 aromatic carbocycles. The smallest absolute Gasteiger partial charge is 0.223 e. The van der Waals surface area contributed by atoms with E-state index < -0.39 is 0 Å². The highest BCUT2D eigenvalue weighted by molar-refractivity contribution is 6.30. The number of nitrogens with one attached hydrogen (secondary N) is 1. The van der Waals surface area contributed by atoms with Gasteiger partial charge in [0.1, 0.15) is 6.04 Å². The quantitative estimate of drug-likeness (QED) is 0.753. The predicted octanol–water partition coefficient (Wildman–Crippen LogP) is 3.91. The Labute approximate surface area is 177 Å². The van der Waals surface area contributed by atoms with E-state index in [-0.39, 0.29) is 36.8 Å². The molecule has 8 heteroatoms. The lowest BCUT2D eigenvalue weighted by Crippen LogP contribution is -2.32. The Morgan fingerprint density at radius 2 is 2.04 bits per heavy atom. The van der Waals surface area contributed by atoms with E-state index in [1.807, 2.05) is 31.3 Å². The molecule has 2 aromatic rings. The SMILES string of the molecule is CN(C(=O)CCC1CCNC1)C(c1ccc(Cl)cc1)c1cnccn1.Cl.Cl. The largest absolute Gasteiger partial charge is 0.333 e. The fourth-order valence-corrected chi connectivity index (χ4v) is 3.42. The van der Waals surface area contributed by atoms with Crippen molar-refractivity contribution >= 4 is 42.3 Å². The summed E-state index contributed by atoms with van der Waals surface area (Å²) in [6.45, 7) is 2.07. The number of hydrogen-bond acceptors (Lipinski definition) is 4. The molecular weight excluding hydrogens is 407 g/mol. The molecule has 1 amide bonds. The summed E-state index contributed by atoms with van der Waals surface area (Å²) in [4.78, 5) is 23.1. The summed E-state index contributed by atoms with van der Waals surface area (Å²) in [5.41, 5.74) is 1.73. The number of amides is 1. The van der Waals surface area contributed by atoms with Crippen molar-refractivity contribution in [3.63, 3.8) is 0 Å². The van der Waals surface area contributed by atoms with Gasteiger partial charge in [0.15, 0.2) is 0 Å². The Kier molecular flexibility index (Phi) is 10.0. The molecule has 1 aliphatic heterocycles. The summed E-state index contributed by atoms with van der Waals surface area (Å²) in [6, 6.07) is 7.28. The summed E-state index contributed by atoms with van der Waals surface area (Å²) in [7, 11) is 1.84. The Bertz CT molecular complexity index is 694. The lowest BCUT2D eigenvalue weighted by Gasteiger charge is -2.28. The molecule has 1 aromatic heterocycles. The van der Waals surface area contributed by atoms with Gasteiger partial charge in [0.25, 0.3) is 0 Å². The van der Waals surface area contributed by atoms with Crippen molar-refractivity contribution in [3.05, 3.63) is 59.1 Å². The third-order valence-electron chi connectivity index (χ3n) is 4.76. The van der Waals surface area contributed by atoms with Crippen molar-refractivity contribution in [2.75, 3.05) is 20.1 Å². The van der Waals surface area contributed by atoms with Crippen molar-refractivity contribution in [1.82, 2.24) is 20.2 Å². The molecule has 0 aliphatic carbocycles. The molecule has 27 heavy (non-hydrogen) atoms. The van der Waals surface area contributed by atoms with Gasteiger partial charge in [-0.3, -0.25) is 14.8 Å². The van der Waals surface area contributed by atoms with Gasteiger partial charge in [-0.2, -0.15) is 0 Å². The van der Waals surface area contributed by atoms with E-state index in [0.717, 1.165) is 37.2 Å². The summed E-state index contributed by atoms with van der Waals surface area (Å²) in [6.07, 6.45) is 7.63. The van der Waals surface area contributed by atoms with Gasteiger partial charge in [0, 0.05) is 30.9 Å². The van der Waals surface area contributed by atoms with E-state index in [4.69, 9.17) is 11.6 Å². The maximum Gasteiger partial charge on any atom is 0.223 e. The average molecular weight is 432 g/mol. The zero-order valence-electron chi connectivity index (χ0n) is 15.2. The number of rotatable bonds is 6. The van der Waals surface area contributed by atoms with Crippen molar-refractivity contribution < 1.29 is 4.79 Å². The van der Waals surface area contributed by atoms with E-state index in [2.05, 4.69) is 15.3 Å². The topological polar surface area (TPSA) is 58.1 Å². The number of hydrogen-bond donors (Lipinski definition) is 1. The van der Waals surface area contributed by atoms with Crippen LogP contribution in [0.5, 0.6) is 0 Å². The molecule has 2 atom stereocenters. The maximum atomic E-state index is 12.8. The van der Waals surface area contributed by atoms with E-state index in [1.165, 1.54) is 0 Å². The van der Waals surface area contributed by atoms with Crippen LogP contribution in [-0.4, -0.2) is 40.9 Å². The molecule has 148 valence electrons. The van der Waals surface area contributed by atoms with Crippen molar-refractivity contribution in [1.29, 1.82) is 0 Å². The fraction of sp³-hybridized carbons (Fsp3) is 0.421. The van der Waals surface area contributed by atoms with Gasteiger partial charge in [-0.25, -0.2) is 0 Å². The number of carbonyl (C=O) groups excluding carboxylic acids is 1. The van der Waals surface area contributed by atoms with Gasteiger partial charge in [0.05, 0.1) is 11.9 Å². The first kappa shape index (κ1) is 23.6.